The largest absolute Gasteiger partial charge is 0.494 e. The number of unbranched alkanes of at least 4 members (excludes halogenated alkanes) is 1. The molecule has 0 aliphatic heterocycles. The maximum absolute atomic E-state index is 11.3. The van der Waals surface area contributed by atoms with E-state index in [0.29, 0.717) is 5.56 Å². The highest BCUT2D eigenvalue weighted by Crippen LogP contribution is 2.33. The molecule has 1 aromatic heterocycles. The van der Waals surface area contributed by atoms with E-state index in [-0.39, 0.29) is 0 Å². The molecule has 0 N–H and O–H groups in total. The van der Waals surface area contributed by atoms with Crippen LogP contribution in [0.2, 0.25) is 0 Å². The molecule has 0 bridgehead atoms. The van der Waals surface area contributed by atoms with Crippen molar-refractivity contribution in [1.82, 2.24) is 0 Å². The molecule has 4 heteroatoms. The van der Waals surface area contributed by atoms with Crippen LogP contribution in [0.3, 0.4) is 0 Å². The second-order valence-electron chi connectivity index (χ2n) is 4.58. The Morgan fingerprint density at radius 2 is 2.15 bits per heavy atom. The van der Waals surface area contributed by atoms with Crippen LogP contribution < -0.4 is 4.74 Å². The average Bonchev–Trinajstić information content (AvgIpc) is 2.82. The Labute approximate surface area is 128 Å². The third kappa shape index (κ3) is 3.62. The highest BCUT2D eigenvalue weighted by Gasteiger charge is 2.12. The number of rotatable bonds is 6. The van der Waals surface area contributed by atoms with Crippen LogP contribution in [-0.4, -0.2) is 11.8 Å². The summed E-state index contributed by atoms with van der Waals surface area (Å²) in [6.45, 7) is 4.78. The molecule has 0 atom stereocenters. The predicted molar refractivity (Wildman–Crippen MR) is 85.1 cm³/mol. The van der Waals surface area contributed by atoms with E-state index in [1.54, 1.807) is 11.3 Å². The molecule has 0 fully saturated rings. The zero-order chi connectivity index (χ0) is 14.5. The second-order valence-corrected chi connectivity index (χ2v) is 6.18. The zero-order valence-corrected chi connectivity index (χ0v) is 13.2. The molecular weight excluding hydrogens is 292 g/mol. The van der Waals surface area contributed by atoms with E-state index in [1.807, 2.05) is 37.3 Å². The van der Waals surface area contributed by atoms with Gasteiger partial charge in [0.25, 0.3) is 5.24 Å². The number of hydrogen-bond donors (Lipinski definition) is 0. The van der Waals surface area contributed by atoms with Crippen LogP contribution in [0.1, 0.15) is 35.0 Å². The molecule has 0 saturated heterocycles. The first-order valence-corrected chi connectivity index (χ1v) is 7.84. The Hall–Kier alpha value is -1.32. The summed E-state index contributed by atoms with van der Waals surface area (Å²) < 4.78 is 5.70. The molecule has 2 aromatic rings. The summed E-state index contributed by atoms with van der Waals surface area (Å²) in [4.78, 5) is 13.3. The molecular formula is C16H17ClO2S. The molecule has 2 nitrogen and oxygen atoms in total. The van der Waals surface area contributed by atoms with Crippen molar-refractivity contribution in [3.8, 4) is 16.2 Å². The van der Waals surface area contributed by atoms with Crippen LogP contribution in [0.5, 0.6) is 5.75 Å². The normalized spacial score (nSPS) is 10.6. The average molecular weight is 309 g/mol. The quantitative estimate of drug-likeness (QED) is 0.536. The van der Waals surface area contributed by atoms with Gasteiger partial charge < -0.3 is 4.74 Å². The molecule has 1 heterocycles. The summed E-state index contributed by atoms with van der Waals surface area (Å²) in [6.07, 6.45) is 2.16. The Balaban J connectivity index is 2.22. The van der Waals surface area contributed by atoms with E-state index in [9.17, 15) is 4.79 Å². The number of hydrogen-bond acceptors (Lipinski definition) is 3. The van der Waals surface area contributed by atoms with E-state index in [0.717, 1.165) is 40.5 Å². The van der Waals surface area contributed by atoms with Crippen LogP contribution in [0.15, 0.2) is 30.3 Å². The lowest BCUT2D eigenvalue weighted by molar-refractivity contribution is 0.108. The minimum Gasteiger partial charge on any atom is -0.494 e. The van der Waals surface area contributed by atoms with Crippen molar-refractivity contribution in [3.63, 3.8) is 0 Å². The zero-order valence-electron chi connectivity index (χ0n) is 11.6. The molecule has 0 unspecified atom stereocenters. The summed E-state index contributed by atoms with van der Waals surface area (Å²) in [6, 6.07) is 9.78. The highest BCUT2D eigenvalue weighted by atomic mass is 35.5. The van der Waals surface area contributed by atoms with Gasteiger partial charge in [-0.3, -0.25) is 4.79 Å². The Morgan fingerprint density at radius 3 is 2.80 bits per heavy atom. The van der Waals surface area contributed by atoms with Gasteiger partial charge in [0.2, 0.25) is 0 Å². The number of halogens is 1. The molecule has 0 aliphatic carbocycles. The molecule has 20 heavy (non-hydrogen) atoms. The van der Waals surface area contributed by atoms with E-state index in [2.05, 4.69) is 6.92 Å². The number of carbonyl (C=O) groups is 1. The molecule has 0 aliphatic rings. The van der Waals surface area contributed by atoms with E-state index in [4.69, 9.17) is 16.3 Å². The van der Waals surface area contributed by atoms with Crippen LogP contribution in [-0.2, 0) is 0 Å². The first-order valence-electron chi connectivity index (χ1n) is 6.65. The summed E-state index contributed by atoms with van der Waals surface area (Å²) in [7, 11) is 0. The Morgan fingerprint density at radius 1 is 1.35 bits per heavy atom. The third-order valence-electron chi connectivity index (χ3n) is 3.01. The van der Waals surface area contributed by atoms with Gasteiger partial charge in [-0.15, -0.1) is 11.3 Å². The Bertz CT molecular complexity index is 604. The lowest BCUT2D eigenvalue weighted by atomic mass is 10.1. The van der Waals surface area contributed by atoms with Gasteiger partial charge in [-0.2, -0.15) is 0 Å². The standard InChI is InChI=1S/C16H17ClO2S/c1-3-4-8-19-13-7-5-6-12(9-13)15-10-14(16(17)18)11(2)20-15/h5-7,9-10H,3-4,8H2,1-2H3. The van der Waals surface area contributed by atoms with E-state index < -0.39 is 5.24 Å². The highest BCUT2D eigenvalue weighted by molar-refractivity contribution is 7.16. The number of benzene rings is 1. The van der Waals surface area contributed by atoms with Crippen molar-refractivity contribution < 1.29 is 9.53 Å². The number of carbonyl (C=O) groups excluding carboxylic acids is 1. The number of ether oxygens (including phenoxy) is 1. The summed E-state index contributed by atoms with van der Waals surface area (Å²) >= 11 is 7.14. The fraction of sp³-hybridized carbons (Fsp3) is 0.312. The monoisotopic (exact) mass is 308 g/mol. The van der Waals surface area contributed by atoms with Gasteiger partial charge in [0.1, 0.15) is 5.75 Å². The molecule has 1 aromatic carbocycles. The van der Waals surface area contributed by atoms with Crippen LogP contribution in [0.25, 0.3) is 10.4 Å². The molecule has 0 amide bonds. The van der Waals surface area contributed by atoms with Gasteiger partial charge in [-0.25, -0.2) is 0 Å². The predicted octanol–water partition coefficient (Wildman–Crippen LogP) is 5.28. The second kappa shape index (κ2) is 6.91. The third-order valence-corrected chi connectivity index (χ3v) is 4.32. The fourth-order valence-corrected chi connectivity index (χ4v) is 3.16. The SMILES string of the molecule is CCCCOc1cccc(-c2cc(C(=O)Cl)c(C)s2)c1. The number of aryl methyl sites for hydroxylation is 1. The van der Waals surface area contributed by atoms with Gasteiger partial charge in [-0.1, -0.05) is 25.5 Å². The molecule has 2 rings (SSSR count). The van der Waals surface area contributed by atoms with Crippen molar-refractivity contribution in [1.29, 1.82) is 0 Å². The maximum Gasteiger partial charge on any atom is 0.253 e. The smallest absolute Gasteiger partial charge is 0.253 e. The topological polar surface area (TPSA) is 26.3 Å². The van der Waals surface area contributed by atoms with E-state index in [1.165, 1.54) is 0 Å². The molecule has 106 valence electrons. The fourth-order valence-electron chi connectivity index (χ4n) is 1.89. The lowest BCUT2D eigenvalue weighted by Gasteiger charge is -2.06. The van der Waals surface area contributed by atoms with Gasteiger partial charge in [0.15, 0.2) is 0 Å². The molecule has 0 radical (unpaired) electrons. The summed E-state index contributed by atoms with van der Waals surface area (Å²) in [5.74, 6) is 0.862. The van der Waals surface area contributed by atoms with Crippen LogP contribution in [0.4, 0.5) is 0 Å². The minimum absolute atomic E-state index is 0.402. The van der Waals surface area contributed by atoms with Crippen molar-refractivity contribution in [2.45, 2.75) is 26.7 Å². The van der Waals surface area contributed by atoms with Crippen molar-refractivity contribution in [3.05, 3.63) is 40.8 Å². The first kappa shape index (κ1) is 15.1. The maximum atomic E-state index is 11.3. The Kier molecular flexibility index (Phi) is 5.21. The van der Waals surface area contributed by atoms with Crippen LogP contribution in [0, 0.1) is 6.92 Å². The van der Waals surface area contributed by atoms with Crippen LogP contribution >= 0.6 is 22.9 Å². The summed E-state index contributed by atoms with van der Waals surface area (Å²) in [5, 5.41) is -0.402. The van der Waals surface area contributed by atoms with Gasteiger partial charge >= 0.3 is 0 Å². The van der Waals surface area contributed by atoms with Crippen molar-refractivity contribution in [2.24, 2.45) is 0 Å². The van der Waals surface area contributed by atoms with Gasteiger partial charge in [0, 0.05) is 15.3 Å². The number of thiophene rings is 1. The lowest BCUT2D eigenvalue weighted by Crippen LogP contribution is -1.96. The summed E-state index contributed by atoms with van der Waals surface area (Å²) in [5.41, 5.74) is 1.64. The minimum atomic E-state index is -0.402. The molecule has 0 saturated carbocycles. The first-order chi connectivity index (χ1) is 9.61. The van der Waals surface area contributed by atoms with Gasteiger partial charge in [-0.05, 0) is 48.7 Å². The molecule has 0 spiro atoms. The van der Waals surface area contributed by atoms with E-state index >= 15 is 0 Å². The van der Waals surface area contributed by atoms with Gasteiger partial charge in [0.05, 0.1) is 6.61 Å². The van der Waals surface area contributed by atoms with Crippen molar-refractivity contribution >= 4 is 28.2 Å². The van der Waals surface area contributed by atoms with Crippen molar-refractivity contribution in [2.75, 3.05) is 6.61 Å².